The van der Waals surface area contributed by atoms with Crippen LogP contribution in [0.15, 0.2) is 53.3 Å². The molecule has 1 aromatic heterocycles. The van der Waals surface area contributed by atoms with Gasteiger partial charge in [0, 0.05) is 17.5 Å². The van der Waals surface area contributed by atoms with Gasteiger partial charge in [0.2, 0.25) is 0 Å². The highest BCUT2D eigenvalue weighted by atomic mass is 16.5. The quantitative estimate of drug-likeness (QED) is 0.538. The van der Waals surface area contributed by atoms with Crippen LogP contribution in [0, 0.1) is 0 Å². The Morgan fingerprint density at radius 2 is 1.85 bits per heavy atom. The van der Waals surface area contributed by atoms with Gasteiger partial charge >= 0.3 is 0 Å². The first-order chi connectivity index (χ1) is 16.1. The zero-order chi connectivity index (χ0) is 23.2. The van der Waals surface area contributed by atoms with Crippen molar-refractivity contribution in [3.8, 4) is 5.75 Å². The van der Waals surface area contributed by atoms with Crippen molar-refractivity contribution in [3.63, 3.8) is 0 Å². The average molecular weight is 452 g/mol. The largest absolute Gasteiger partial charge is 0.497 e. The van der Waals surface area contributed by atoms with Gasteiger partial charge in [-0.15, -0.1) is 0 Å². The number of hydrogen-bond acceptors (Lipinski definition) is 5. The van der Waals surface area contributed by atoms with Gasteiger partial charge < -0.3 is 19.7 Å². The second-order valence-electron chi connectivity index (χ2n) is 8.23. The first kappa shape index (κ1) is 22.9. The van der Waals surface area contributed by atoms with Crippen LogP contribution in [0.5, 0.6) is 5.75 Å². The molecule has 4 rings (SSSR count). The summed E-state index contributed by atoms with van der Waals surface area (Å²) in [6.45, 7) is 6.03. The lowest BCUT2D eigenvalue weighted by Gasteiger charge is -2.32. The van der Waals surface area contributed by atoms with E-state index in [0.29, 0.717) is 37.1 Å². The van der Waals surface area contributed by atoms with E-state index in [1.807, 2.05) is 43.3 Å². The molecule has 1 amide bonds. The minimum absolute atomic E-state index is 0.0663. The monoisotopic (exact) mass is 451 g/mol. The van der Waals surface area contributed by atoms with Gasteiger partial charge in [-0.2, -0.15) is 5.10 Å². The van der Waals surface area contributed by atoms with Crippen molar-refractivity contribution in [2.45, 2.75) is 25.9 Å². The van der Waals surface area contributed by atoms with Crippen LogP contribution in [0.2, 0.25) is 0 Å². The lowest BCUT2D eigenvalue weighted by atomic mass is 10.0. The first-order valence-corrected chi connectivity index (χ1v) is 11.5. The molecule has 33 heavy (non-hydrogen) atoms. The fourth-order valence-corrected chi connectivity index (χ4v) is 4.36. The second-order valence-corrected chi connectivity index (χ2v) is 8.23. The number of nitrogens with one attached hydrogen (secondary N) is 2. The van der Waals surface area contributed by atoms with Gasteiger partial charge in [0.25, 0.3) is 11.5 Å². The number of methoxy groups -OCH3 is 1. The number of amides is 1. The Kier molecular flexibility index (Phi) is 7.36. The van der Waals surface area contributed by atoms with Gasteiger partial charge in [-0.3, -0.25) is 9.59 Å². The van der Waals surface area contributed by atoms with E-state index in [-0.39, 0.29) is 23.2 Å². The highest BCUT2D eigenvalue weighted by Gasteiger charge is 2.28. The molecule has 0 spiro atoms. The zero-order valence-corrected chi connectivity index (χ0v) is 19.2. The summed E-state index contributed by atoms with van der Waals surface area (Å²) in [5, 5.41) is 8.61. The van der Waals surface area contributed by atoms with Crippen LogP contribution in [0.3, 0.4) is 0 Å². The highest BCUT2D eigenvalue weighted by molar-refractivity contribution is 6.04. The van der Waals surface area contributed by atoms with Crippen LogP contribution in [0.25, 0.3) is 10.8 Å². The van der Waals surface area contributed by atoms with Crippen LogP contribution in [-0.2, 0) is 11.3 Å². The fourth-order valence-electron chi connectivity index (χ4n) is 4.36. The topological polar surface area (TPSA) is 86.9 Å². The average Bonchev–Trinajstić information content (AvgIpc) is 2.87. The maximum absolute atomic E-state index is 13.3. The Morgan fingerprint density at radius 3 is 2.52 bits per heavy atom. The molecule has 1 atom stereocenters. The number of aryl methyl sites for hydroxylation is 1. The number of morpholine rings is 1. The van der Waals surface area contributed by atoms with Crippen LogP contribution in [0.1, 0.15) is 35.4 Å². The maximum Gasteiger partial charge on any atom is 0.274 e. The maximum atomic E-state index is 13.3. The number of ether oxygens (including phenoxy) is 2. The van der Waals surface area contributed by atoms with Crippen molar-refractivity contribution >= 4 is 16.7 Å². The summed E-state index contributed by atoms with van der Waals surface area (Å²) in [5.74, 6) is 0.523. The Labute approximate surface area is 193 Å². The van der Waals surface area contributed by atoms with Gasteiger partial charge in [-0.1, -0.05) is 25.1 Å². The molecular weight excluding hydrogens is 420 g/mol. The summed E-state index contributed by atoms with van der Waals surface area (Å²) in [7, 11) is 1.65. The number of carbonyl (C=O) groups excluding carboxylic acids is 1. The molecule has 0 bridgehead atoms. The Morgan fingerprint density at radius 1 is 1.15 bits per heavy atom. The number of nitrogens with zero attached hydrogens (tertiary/aromatic N) is 2. The van der Waals surface area contributed by atoms with Gasteiger partial charge in [0.1, 0.15) is 24.9 Å². The van der Waals surface area contributed by atoms with Crippen LogP contribution in [-0.4, -0.2) is 55.6 Å². The molecule has 0 unspecified atom stereocenters. The molecule has 3 aromatic rings. The van der Waals surface area contributed by atoms with Crippen LogP contribution in [0.4, 0.5) is 0 Å². The molecule has 0 saturated carbocycles. The minimum Gasteiger partial charge on any atom is -0.497 e. The number of hydrogen-bond donors (Lipinski definition) is 2. The molecule has 2 aromatic carbocycles. The van der Waals surface area contributed by atoms with E-state index < -0.39 is 0 Å². The van der Waals surface area contributed by atoms with Crippen molar-refractivity contribution in [2.75, 3.05) is 40.0 Å². The standard InChI is InChI=1S/C25H30N4O4/c1-3-12-29-25(31)21-7-5-4-6-20(21)23(27-29)24(30)26-17-22(28-13-15-33-16-14-28)18-8-10-19(32-2)11-9-18/h4-11,22H,3,12-17H2,1-2H3,(H,26,30)/p+1/t22-/m1/s1. The summed E-state index contributed by atoms with van der Waals surface area (Å²) < 4.78 is 12.2. The lowest BCUT2D eigenvalue weighted by molar-refractivity contribution is -0.937. The Bertz CT molecular complexity index is 1150. The summed E-state index contributed by atoms with van der Waals surface area (Å²) in [5.41, 5.74) is 1.24. The number of quaternary nitrogens is 1. The molecule has 1 aliphatic heterocycles. The molecule has 8 nitrogen and oxygen atoms in total. The zero-order valence-electron chi connectivity index (χ0n) is 19.2. The van der Waals surface area contributed by atoms with Gasteiger partial charge in [0.15, 0.2) is 5.69 Å². The Hall–Kier alpha value is -3.23. The van der Waals surface area contributed by atoms with E-state index in [9.17, 15) is 9.59 Å². The molecule has 1 aliphatic rings. The van der Waals surface area contributed by atoms with E-state index in [1.165, 1.54) is 9.58 Å². The van der Waals surface area contributed by atoms with E-state index >= 15 is 0 Å². The number of benzene rings is 2. The summed E-state index contributed by atoms with van der Waals surface area (Å²) in [6, 6.07) is 15.2. The number of carbonyl (C=O) groups is 1. The first-order valence-electron chi connectivity index (χ1n) is 11.5. The van der Waals surface area contributed by atoms with Gasteiger partial charge in [-0.25, -0.2) is 4.68 Å². The molecule has 0 radical (unpaired) electrons. The highest BCUT2D eigenvalue weighted by Crippen LogP contribution is 2.17. The van der Waals surface area contributed by atoms with E-state index in [4.69, 9.17) is 9.47 Å². The summed E-state index contributed by atoms with van der Waals surface area (Å²) in [4.78, 5) is 27.4. The normalized spacial score (nSPS) is 15.3. The molecule has 2 heterocycles. The number of rotatable bonds is 8. The van der Waals surface area contributed by atoms with Crippen molar-refractivity contribution in [1.82, 2.24) is 15.1 Å². The SMILES string of the molecule is CCCn1nc(C(=O)NC[C@H](c2ccc(OC)cc2)[NH+]2CCOCC2)c2ccccc2c1=O. The smallest absolute Gasteiger partial charge is 0.274 e. The third kappa shape index (κ3) is 5.07. The third-order valence-corrected chi connectivity index (χ3v) is 6.13. The molecular formula is C25H31N4O4+. The predicted molar refractivity (Wildman–Crippen MR) is 126 cm³/mol. The van der Waals surface area contributed by atoms with Crippen LogP contribution < -0.4 is 20.5 Å². The van der Waals surface area contributed by atoms with E-state index in [2.05, 4.69) is 10.4 Å². The number of aromatic nitrogens is 2. The summed E-state index contributed by atoms with van der Waals surface area (Å²) >= 11 is 0. The van der Waals surface area contributed by atoms with Crippen molar-refractivity contribution < 1.29 is 19.2 Å². The second kappa shape index (κ2) is 10.6. The van der Waals surface area contributed by atoms with Crippen LogP contribution >= 0.6 is 0 Å². The molecule has 174 valence electrons. The van der Waals surface area contributed by atoms with E-state index in [1.54, 1.807) is 19.2 Å². The van der Waals surface area contributed by atoms with Crippen molar-refractivity contribution in [1.29, 1.82) is 0 Å². The third-order valence-electron chi connectivity index (χ3n) is 6.13. The molecule has 8 heteroatoms. The predicted octanol–water partition coefficient (Wildman–Crippen LogP) is 1.20. The molecule has 2 N–H and O–H groups in total. The minimum atomic E-state index is -0.276. The molecule has 1 fully saturated rings. The fraction of sp³-hybridized carbons (Fsp3) is 0.400. The van der Waals surface area contributed by atoms with Crippen molar-refractivity contribution in [2.24, 2.45) is 0 Å². The van der Waals surface area contributed by atoms with Crippen molar-refractivity contribution in [3.05, 3.63) is 70.1 Å². The molecule has 1 saturated heterocycles. The Balaban J connectivity index is 1.61. The molecule has 0 aliphatic carbocycles. The lowest BCUT2D eigenvalue weighted by Crippen LogP contribution is -3.15. The number of fused-ring (bicyclic) bond motifs is 1. The summed E-state index contributed by atoms with van der Waals surface area (Å²) in [6.07, 6.45) is 0.756. The van der Waals surface area contributed by atoms with E-state index in [0.717, 1.165) is 30.8 Å². The van der Waals surface area contributed by atoms with Gasteiger partial charge in [-0.05, 0) is 36.8 Å². The van der Waals surface area contributed by atoms with Gasteiger partial charge in [0.05, 0.1) is 32.3 Å².